The number of nitrogens with one attached hydrogen (secondary N) is 1. The second-order valence-electron chi connectivity index (χ2n) is 5.28. The molecule has 5 heteroatoms. The molecular formula is C13H18N4O. The standard InChI is InChI=1S/C13H18N4O/c14-8-5-9(6-8)16-13-10(12(15)18)4-7-2-1-3-11(7)17-13/h4,8-9H,1-3,5-6,14H2,(H2,15,18)(H,16,17). The molecule has 96 valence electrons. The van der Waals surface area contributed by atoms with Crippen molar-refractivity contribution in [2.24, 2.45) is 11.5 Å². The van der Waals surface area contributed by atoms with Crippen molar-refractivity contribution in [3.63, 3.8) is 0 Å². The van der Waals surface area contributed by atoms with Crippen LogP contribution in [0.1, 0.15) is 40.9 Å². The zero-order valence-electron chi connectivity index (χ0n) is 10.3. The molecule has 5 nitrogen and oxygen atoms in total. The lowest BCUT2D eigenvalue weighted by Gasteiger charge is -2.33. The minimum atomic E-state index is -0.414. The SMILES string of the molecule is NC(=O)c1cc2c(nc1NC1CC(N)C1)CCC2. The number of primary amides is 1. The summed E-state index contributed by atoms with van der Waals surface area (Å²) in [4.78, 5) is 16.1. The Morgan fingerprint density at radius 1 is 1.39 bits per heavy atom. The number of anilines is 1. The van der Waals surface area contributed by atoms with Crippen molar-refractivity contribution in [1.82, 2.24) is 4.98 Å². The molecule has 1 aromatic rings. The monoisotopic (exact) mass is 246 g/mol. The molecule has 0 radical (unpaired) electrons. The van der Waals surface area contributed by atoms with Crippen molar-refractivity contribution in [1.29, 1.82) is 0 Å². The number of aryl methyl sites for hydroxylation is 2. The number of pyridine rings is 1. The van der Waals surface area contributed by atoms with Crippen molar-refractivity contribution >= 4 is 11.7 Å². The lowest BCUT2D eigenvalue weighted by atomic mass is 9.87. The minimum Gasteiger partial charge on any atom is -0.367 e. The van der Waals surface area contributed by atoms with E-state index in [0.29, 0.717) is 17.4 Å². The van der Waals surface area contributed by atoms with E-state index in [9.17, 15) is 4.79 Å². The zero-order valence-corrected chi connectivity index (χ0v) is 10.3. The third kappa shape index (κ3) is 1.95. The lowest BCUT2D eigenvalue weighted by Crippen LogP contribution is -2.44. The molecule has 0 aliphatic heterocycles. The van der Waals surface area contributed by atoms with Crippen LogP contribution in [-0.2, 0) is 12.8 Å². The molecule has 0 atom stereocenters. The third-order valence-electron chi connectivity index (χ3n) is 3.83. The Bertz CT molecular complexity index is 494. The van der Waals surface area contributed by atoms with Gasteiger partial charge in [0, 0.05) is 17.8 Å². The molecule has 1 saturated carbocycles. The Morgan fingerprint density at radius 3 is 2.83 bits per heavy atom. The van der Waals surface area contributed by atoms with Gasteiger partial charge >= 0.3 is 0 Å². The highest BCUT2D eigenvalue weighted by Crippen LogP contribution is 2.28. The molecule has 5 N–H and O–H groups in total. The van der Waals surface area contributed by atoms with Gasteiger partial charge in [-0.3, -0.25) is 4.79 Å². The second kappa shape index (κ2) is 4.24. The van der Waals surface area contributed by atoms with E-state index < -0.39 is 5.91 Å². The van der Waals surface area contributed by atoms with Crippen molar-refractivity contribution in [2.75, 3.05) is 5.32 Å². The molecule has 2 aliphatic carbocycles. The summed E-state index contributed by atoms with van der Waals surface area (Å²) in [6, 6.07) is 2.50. The first-order valence-electron chi connectivity index (χ1n) is 6.48. The largest absolute Gasteiger partial charge is 0.367 e. The molecule has 18 heavy (non-hydrogen) atoms. The number of amides is 1. The molecule has 2 aliphatic rings. The molecule has 1 heterocycles. The van der Waals surface area contributed by atoms with Crippen LogP contribution in [0, 0.1) is 0 Å². The van der Waals surface area contributed by atoms with Crippen LogP contribution in [0.25, 0.3) is 0 Å². The fourth-order valence-electron chi connectivity index (χ4n) is 2.74. The molecule has 0 spiro atoms. The molecular weight excluding hydrogens is 228 g/mol. The molecule has 0 saturated heterocycles. The average Bonchev–Trinajstić information content (AvgIpc) is 2.72. The van der Waals surface area contributed by atoms with E-state index >= 15 is 0 Å². The van der Waals surface area contributed by atoms with Crippen molar-refractivity contribution in [3.05, 3.63) is 22.9 Å². The van der Waals surface area contributed by atoms with Gasteiger partial charge in [-0.2, -0.15) is 0 Å². The highest BCUT2D eigenvalue weighted by atomic mass is 16.1. The summed E-state index contributed by atoms with van der Waals surface area (Å²) in [6.07, 6.45) is 4.96. The van der Waals surface area contributed by atoms with E-state index in [-0.39, 0.29) is 6.04 Å². The highest BCUT2D eigenvalue weighted by Gasteiger charge is 2.28. The second-order valence-corrected chi connectivity index (χ2v) is 5.28. The first kappa shape index (κ1) is 11.5. The molecule has 3 rings (SSSR count). The van der Waals surface area contributed by atoms with Crippen LogP contribution in [0.3, 0.4) is 0 Å². The van der Waals surface area contributed by atoms with Gasteiger partial charge in [0.15, 0.2) is 0 Å². The summed E-state index contributed by atoms with van der Waals surface area (Å²) >= 11 is 0. The maximum Gasteiger partial charge on any atom is 0.252 e. The predicted octanol–water partition coefficient (Wildman–Crippen LogP) is 0.571. The molecule has 1 amide bonds. The fraction of sp³-hybridized carbons (Fsp3) is 0.538. The number of carbonyl (C=O) groups is 1. The number of carbonyl (C=O) groups excluding carboxylic acids is 1. The summed E-state index contributed by atoms with van der Waals surface area (Å²) in [5.41, 5.74) is 14.0. The van der Waals surface area contributed by atoms with Gasteiger partial charge in [-0.25, -0.2) is 4.98 Å². The third-order valence-corrected chi connectivity index (χ3v) is 3.83. The number of fused-ring (bicyclic) bond motifs is 1. The number of nitrogens with zero attached hydrogens (tertiary/aromatic N) is 1. The zero-order chi connectivity index (χ0) is 12.7. The van der Waals surface area contributed by atoms with Crippen LogP contribution in [0.2, 0.25) is 0 Å². The van der Waals surface area contributed by atoms with Crippen LogP contribution in [0.5, 0.6) is 0 Å². The summed E-state index contributed by atoms with van der Waals surface area (Å²) in [5.74, 6) is 0.225. The molecule has 0 bridgehead atoms. The first-order valence-corrected chi connectivity index (χ1v) is 6.48. The predicted molar refractivity (Wildman–Crippen MR) is 69.4 cm³/mol. The van der Waals surface area contributed by atoms with Gasteiger partial charge in [0.1, 0.15) is 5.82 Å². The Kier molecular flexibility index (Phi) is 2.70. The molecule has 0 unspecified atom stereocenters. The van der Waals surface area contributed by atoms with E-state index in [1.807, 2.05) is 6.07 Å². The normalized spacial score (nSPS) is 25.4. The van der Waals surface area contributed by atoms with Gasteiger partial charge in [0.25, 0.3) is 5.91 Å². The van der Waals surface area contributed by atoms with Gasteiger partial charge in [-0.1, -0.05) is 0 Å². The highest BCUT2D eigenvalue weighted by molar-refractivity contribution is 5.97. The lowest BCUT2D eigenvalue weighted by molar-refractivity contribution is 0.100. The Hall–Kier alpha value is -1.62. The Balaban J connectivity index is 1.89. The number of aromatic nitrogens is 1. The smallest absolute Gasteiger partial charge is 0.252 e. The van der Waals surface area contributed by atoms with Gasteiger partial charge in [-0.05, 0) is 43.7 Å². The van der Waals surface area contributed by atoms with Crippen LogP contribution in [0.4, 0.5) is 5.82 Å². The van der Waals surface area contributed by atoms with Crippen molar-refractivity contribution in [3.8, 4) is 0 Å². The van der Waals surface area contributed by atoms with E-state index in [1.165, 1.54) is 5.56 Å². The summed E-state index contributed by atoms with van der Waals surface area (Å²) in [6.45, 7) is 0. The summed E-state index contributed by atoms with van der Waals surface area (Å²) in [7, 11) is 0. The fourth-order valence-corrected chi connectivity index (χ4v) is 2.74. The van der Waals surface area contributed by atoms with Crippen LogP contribution >= 0.6 is 0 Å². The molecule has 0 aromatic carbocycles. The Labute approximate surface area is 106 Å². The molecule has 1 fully saturated rings. The van der Waals surface area contributed by atoms with E-state index in [1.54, 1.807) is 0 Å². The molecule has 1 aromatic heterocycles. The van der Waals surface area contributed by atoms with Crippen LogP contribution < -0.4 is 16.8 Å². The maximum absolute atomic E-state index is 11.5. The van der Waals surface area contributed by atoms with Crippen molar-refractivity contribution < 1.29 is 4.79 Å². The quantitative estimate of drug-likeness (QED) is 0.726. The summed E-state index contributed by atoms with van der Waals surface area (Å²) < 4.78 is 0. The number of hydrogen-bond acceptors (Lipinski definition) is 4. The van der Waals surface area contributed by atoms with Crippen LogP contribution in [0.15, 0.2) is 6.07 Å². The van der Waals surface area contributed by atoms with Crippen molar-refractivity contribution in [2.45, 2.75) is 44.2 Å². The van der Waals surface area contributed by atoms with E-state index in [4.69, 9.17) is 11.5 Å². The van der Waals surface area contributed by atoms with E-state index in [2.05, 4.69) is 10.3 Å². The Morgan fingerprint density at radius 2 is 2.17 bits per heavy atom. The van der Waals surface area contributed by atoms with Gasteiger partial charge in [0.2, 0.25) is 0 Å². The van der Waals surface area contributed by atoms with E-state index in [0.717, 1.165) is 37.8 Å². The topological polar surface area (TPSA) is 94.0 Å². The maximum atomic E-state index is 11.5. The number of hydrogen-bond donors (Lipinski definition) is 3. The number of nitrogens with two attached hydrogens (primary N) is 2. The first-order chi connectivity index (χ1) is 8.63. The summed E-state index contributed by atoms with van der Waals surface area (Å²) in [5, 5.41) is 3.30. The van der Waals surface area contributed by atoms with Gasteiger partial charge in [-0.15, -0.1) is 0 Å². The number of rotatable bonds is 3. The minimum absolute atomic E-state index is 0.272. The van der Waals surface area contributed by atoms with Gasteiger partial charge < -0.3 is 16.8 Å². The van der Waals surface area contributed by atoms with Gasteiger partial charge in [0.05, 0.1) is 5.56 Å². The average molecular weight is 246 g/mol. The van der Waals surface area contributed by atoms with Crippen LogP contribution in [-0.4, -0.2) is 23.0 Å².